The van der Waals surface area contributed by atoms with Crippen LogP contribution in [0.25, 0.3) is 0 Å². The van der Waals surface area contributed by atoms with E-state index in [1.54, 1.807) is 19.1 Å². The Labute approximate surface area is 160 Å². The van der Waals surface area contributed by atoms with Crippen LogP contribution in [-0.2, 0) is 27.3 Å². The van der Waals surface area contributed by atoms with Gasteiger partial charge in [0.05, 0.1) is 7.11 Å². The summed E-state index contributed by atoms with van der Waals surface area (Å²) in [4.78, 5) is 21.7. The number of carbonyl (C=O) groups excluding carboxylic acids is 2. The molecule has 1 aromatic carbocycles. The number of carbonyl (C=O) groups is 2. The van der Waals surface area contributed by atoms with E-state index in [9.17, 15) is 14.7 Å². The first kappa shape index (κ1) is 19.3. The molecule has 0 spiro atoms. The molecule has 0 bridgehead atoms. The Morgan fingerprint density at radius 1 is 1.30 bits per heavy atom. The van der Waals surface area contributed by atoms with Crippen molar-refractivity contribution in [2.45, 2.75) is 19.9 Å². The van der Waals surface area contributed by atoms with E-state index in [1.807, 2.05) is 12.1 Å². The fourth-order valence-corrected chi connectivity index (χ4v) is 1.58. The monoisotopic (exact) mass is 301 g/mol. The van der Waals surface area contributed by atoms with Crippen LogP contribution in [0.3, 0.4) is 0 Å². The predicted molar refractivity (Wildman–Crippen MR) is 67.8 cm³/mol. The molecule has 5 nitrogen and oxygen atoms in total. The molecule has 0 aliphatic rings. The SMILES string of the molecule is COC(=O)/C=C(/C)NCc1ccccc1CC(=O)[O-].[K+]. The second-order valence-corrected chi connectivity index (χ2v) is 4.02. The largest absolute Gasteiger partial charge is 1.00 e. The molecule has 0 aromatic heterocycles. The maximum absolute atomic E-state index is 11.0. The van der Waals surface area contributed by atoms with Crippen LogP contribution in [0.15, 0.2) is 36.0 Å². The van der Waals surface area contributed by atoms with Gasteiger partial charge in [-0.1, -0.05) is 24.3 Å². The van der Waals surface area contributed by atoms with Gasteiger partial charge >= 0.3 is 57.4 Å². The van der Waals surface area contributed by atoms with Crippen LogP contribution in [0.1, 0.15) is 18.1 Å². The van der Waals surface area contributed by atoms with Gasteiger partial charge in [-0.05, 0) is 18.1 Å². The number of hydrogen-bond acceptors (Lipinski definition) is 5. The number of rotatable bonds is 6. The van der Waals surface area contributed by atoms with Gasteiger partial charge in [-0.3, -0.25) is 0 Å². The van der Waals surface area contributed by atoms with Crippen LogP contribution < -0.4 is 61.8 Å². The summed E-state index contributed by atoms with van der Waals surface area (Å²) >= 11 is 0. The van der Waals surface area contributed by atoms with Crippen molar-refractivity contribution in [3.05, 3.63) is 47.2 Å². The van der Waals surface area contributed by atoms with Gasteiger partial charge in [0.1, 0.15) is 0 Å². The number of carboxylic acids is 1. The Morgan fingerprint density at radius 2 is 1.90 bits per heavy atom. The second kappa shape index (κ2) is 10.1. The number of methoxy groups -OCH3 is 1. The summed E-state index contributed by atoms with van der Waals surface area (Å²) in [7, 11) is 1.31. The molecule has 1 rings (SSSR count). The summed E-state index contributed by atoms with van der Waals surface area (Å²) in [5.74, 6) is -1.55. The fraction of sp³-hybridized carbons (Fsp3) is 0.286. The van der Waals surface area contributed by atoms with Gasteiger partial charge in [0, 0.05) is 30.7 Å². The van der Waals surface area contributed by atoms with E-state index in [-0.39, 0.29) is 57.8 Å². The van der Waals surface area contributed by atoms with E-state index in [0.717, 1.165) is 5.56 Å². The third-order valence-electron chi connectivity index (χ3n) is 2.55. The molecular formula is C14H16KNO4. The van der Waals surface area contributed by atoms with Crippen LogP contribution in [0, 0.1) is 0 Å². The van der Waals surface area contributed by atoms with Crippen LogP contribution in [0.2, 0.25) is 0 Å². The van der Waals surface area contributed by atoms with Crippen molar-refractivity contribution in [2.75, 3.05) is 7.11 Å². The average Bonchev–Trinajstić information content (AvgIpc) is 2.37. The van der Waals surface area contributed by atoms with Crippen molar-refractivity contribution in [3.8, 4) is 0 Å². The number of ether oxygens (including phenoxy) is 1. The van der Waals surface area contributed by atoms with Crippen LogP contribution in [0.5, 0.6) is 0 Å². The topological polar surface area (TPSA) is 78.5 Å². The molecule has 1 aromatic rings. The maximum Gasteiger partial charge on any atom is 1.00 e. The van der Waals surface area contributed by atoms with E-state index < -0.39 is 11.9 Å². The zero-order valence-corrected chi connectivity index (χ0v) is 15.1. The first-order valence-corrected chi connectivity index (χ1v) is 5.79. The van der Waals surface area contributed by atoms with Gasteiger partial charge < -0.3 is 20.0 Å². The molecule has 0 unspecified atom stereocenters. The van der Waals surface area contributed by atoms with Gasteiger partial charge in [-0.15, -0.1) is 0 Å². The van der Waals surface area contributed by atoms with Gasteiger partial charge in [0.15, 0.2) is 0 Å². The molecule has 0 aliphatic heterocycles. The Morgan fingerprint density at radius 3 is 2.45 bits per heavy atom. The van der Waals surface area contributed by atoms with E-state index in [4.69, 9.17) is 0 Å². The molecule has 6 heteroatoms. The van der Waals surface area contributed by atoms with E-state index in [2.05, 4.69) is 10.1 Å². The van der Waals surface area contributed by atoms with E-state index in [0.29, 0.717) is 17.8 Å². The molecule has 0 radical (unpaired) electrons. The number of aliphatic carboxylic acids is 1. The predicted octanol–water partition coefficient (Wildman–Crippen LogP) is -2.85. The standard InChI is InChI=1S/C14H17NO4.K/c1-10(7-14(18)19-2)15-9-12-6-4-3-5-11(12)8-13(16)17;/h3-7,15H,8-9H2,1-2H3,(H,16,17);/q;+1/p-1/b10-7-;. The van der Waals surface area contributed by atoms with Gasteiger partial charge in [0.25, 0.3) is 0 Å². The molecule has 20 heavy (non-hydrogen) atoms. The summed E-state index contributed by atoms with van der Waals surface area (Å²) in [5.41, 5.74) is 2.19. The molecule has 0 atom stereocenters. The summed E-state index contributed by atoms with van der Waals surface area (Å²) in [5, 5.41) is 13.7. The first-order chi connectivity index (χ1) is 9.02. The Balaban J connectivity index is 0.00000361. The van der Waals surface area contributed by atoms with Crippen molar-refractivity contribution in [2.24, 2.45) is 0 Å². The smallest absolute Gasteiger partial charge is 0.550 e. The number of allylic oxidation sites excluding steroid dienone is 1. The van der Waals surface area contributed by atoms with Crippen LogP contribution in [0.4, 0.5) is 0 Å². The maximum atomic E-state index is 11.0. The number of esters is 1. The zero-order valence-electron chi connectivity index (χ0n) is 11.9. The van der Waals surface area contributed by atoms with Gasteiger partial charge in [0.2, 0.25) is 0 Å². The molecule has 0 heterocycles. The van der Waals surface area contributed by atoms with Crippen molar-refractivity contribution in [1.82, 2.24) is 5.32 Å². The molecule has 0 saturated carbocycles. The van der Waals surface area contributed by atoms with E-state index >= 15 is 0 Å². The normalized spacial score (nSPS) is 10.4. The average molecular weight is 301 g/mol. The number of carboxylic acid groups (broad SMARTS) is 1. The number of hydrogen-bond donors (Lipinski definition) is 1. The Bertz CT molecular complexity index is 500. The Hall–Kier alpha value is -0.664. The van der Waals surface area contributed by atoms with Crippen molar-refractivity contribution in [1.29, 1.82) is 0 Å². The minimum atomic E-state index is -1.12. The molecule has 0 amide bonds. The van der Waals surface area contributed by atoms with E-state index in [1.165, 1.54) is 13.2 Å². The minimum Gasteiger partial charge on any atom is -0.550 e. The molecule has 1 N–H and O–H groups in total. The van der Waals surface area contributed by atoms with Crippen molar-refractivity contribution >= 4 is 11.9 Å². The van der Waals surface area contributed by atoms with Crippen LogP contribution >= 0.6 is 0 Å². The molecule has 0 fully saturated rings. The zero-order chi connectivity index (χ0) is 14.3. The summed E-state index contributed by atoms with van der Waals surface area (Å²) in [6.07, 6.45) is 1.21. The summed E-state index contributed by atoms with van der Waals surface area (Å²) in [6.45, 7) is 2.17. The quantitative estimate of drug-likeness (QED) is 0.348. The van der Waals surface area contributed by atoms with Crippen molar-refractivity contribution in [3.63, 3.8) is 0 Å². The van der Waals surface area contributed by atoms with Crippen molar-refractivity contribution < 1.29 is 70.8 Å². The molecule has 0 aliphatic carbocycles. The molecular weight excluding hydrogens is 285 g/mol. The summed E-state index contributed by atoms with van der Waals surface area (Å²) in [6, 6.07) is 7.18. The number of benzene rings is 1. The third-order valence-corrected chi connectivity index (χ3v) is 2.55. The molecule has 0 saturated heterocycles. The Kier molecular flexibility index (Phi) is 9.78. The molecule has 102 valence electrons. The van der Waals surface area contributed by atoms with Crippen LogP contribution in [-0.4, -0.2) is 19.0 Å². The minimum absolute atomic E-state index is 0. The number of nitrogens with one attached hydrogen (secondary N) is 1. The first-order valence-electron chi connectivity index (χ1n) is 5.79. The fourth-order valence-electron chi connectivity index (χ4n) is 1.58. The van der Waals surface area contributed by atoms with Gasteiger partial charge in [-0.2, -0.15) is 0 Å². The second-order valence-electron chi connectivity index (χ2n) is 4.02. The summed E-state index contributed by atoms with van der Waals surface area (Å²) < 4.78 is 4.51. The third kappa shape index (κ3) is 7.21. The van der Waals surface area contributed by atoms with Gasteiger partial charge in [-0.25, -0.2) is 4.79 Å².